The lowest BCUT2D eigenvalue weighted by atomic mass is 10.1. The highest BCUT2D eigenvalue weighted by Gasteiger charge is 2.19. The number of nitrogens with one attached hydrogen (secondary N) is 1. The lowest BCUT2D eigenvalue weighted by molar-refractivity contribution is 0.0697. The molecule has 0 fully saturated rings. The zero-order valence-corrected chi connectivity index (χ0v) is 18.0. The molecule has 0 saturated heterocycles. The number of carboxylic acid groups (broad SMARTS) is 1. The SMILES string of the molecule is O=C(O)c1ccc(C#Cc2ccccc2NS(=O)(=O)c2cccc3ncc(Cl)cc23)cc1. The second-order valence-electron chi connectivity index (χ2n) is 6.76. The Balaban J connectivity index is 1.68. The van der Waals surface area contributed by atoms with E-state index in [0.717, 1.165) is 0 Å². The van der Waals surface area contributed by atoms with Crippen molar-refractivity contribution in [1.82, 2.24) is 4.98 Å². The minimum atomic E-state index is -3.96. The zero-order valence-electron chi connectivity index (χ0n) is 16.4. The molecule has 4 rings (SSSR count). The minimum absolute atomic E-state index is 0.0528. The molecule has 1 heterocycles. The van der Waals surface area contributed by atoms with Crippen molar-refractivity contribution in [2.24, 2.45) is 0 Å². The van der Waals surface area contributed by atoms with Gasteiger partial charge in [-0.2, -0.15) is 0 Å². The van der Waals surface area contributed by atoms with Crippen molar-refractivity contribution in [1.29, 1.82) is 0 Å². The Morgan fingerprint density at radius 2 is 1.72 bits per heavy atom. The van der Waals surface area contributed by atoms with E-state index in [1.807, 2.05) is 0 Å². The van der Waals surface area contributed by atoms with Crippen LogP contribution < -0.4 is 4.72 Å². The molecule has 32 heavy (non-hydrogen) atoms. The van der Waals surface area contributed by atoms with Crippen LogP contribution in [0.4, 0.5) is 5.69 Å². The monoisotopic (exact) mass is 462 g/mol. The van der Waals surface area contributed by atoms with E-state index in [9.17, 15) is 13.2 Å². The fourth-order valence-corrected chi connectivity index (χ4v) is 4.49. The number of halogens is 1. The molecule has 8 heteroatoms. The van der Waals surface area contributed by atoms with Gasteiger partial charge in [-0.05, 0) is 54.6 Å². The van der Waals surface area contributed by atoms with Gasteiger partial charge in [0, 0.05) is 22.7 Å². The maximum atomic E-state index is 13.2. The summed E-state index contributed by atoms with van der Waals surface area (Å²) in [7, 11) is -3.96. The summed E-state index contributed by atoms with van der Waals surface area (Å²) >= 11 is 6.02. The van der Waals surface area contributed by atoms with E-state index in [2.05, 4.69) is 21.5 Å². The fourth-order valence-electron chi connectivity index (χ4n) is 3.05. The van der Waals surface area contributed by atoms with E-state index in [-0.39, 0.29) is 10.5 Å². The van der Waals surface area contributed by atoms with E-state index in [0.29, 0.717) is 32.7 Å². The Morgan fingerprint density at radius 1 is 0.969 bits per heavy atom. The molecular formula is C24H15ClN2O4S. The lowest BCUT2D eigenvalue weighted by Crippen LogP contribution is -2.14. The summed E-state index contributed by atoms with van der Waals surface area (Å²) in [4.78, 5) is 15.2. The van der Waals surface area contributed by atoms with Crippen molar-refractivity contribution >= 4 is 44.2 Å². The third-order valence-electron chi connectivity index (χ3n) is 4.59. The van der Waals surface area contributed by atoms with E-state index < -0.39 is 16.0 Å². The average molecular weight is 463 g/mol. The van der Waals surface area contributed by atoms with Crippen LogP contribution in [0, 0.1) is 11.8 Å². The number of nitrogens with zero attached hydrogens (tertiary/aromatic N) is 1. The molecule has 1 aromatic heterocycles. The van der Waals surface area contributed by atoms with Gasteiger partial charge in [-0.3, -0.25) is 9.71 Å². The Hall–Kier alpha value is -3.86. The number of hydrogen-bond acceptors (Lipinski definition) is 4. The second-order valence-corrected chi connectivity index (χ2v) is 8.85. The van der Waals surface area contributed by atoms with E-state index in [4.69, 9.17) is 16.7 Å². The van der Waals surface area contributed by atoms with Crippen LogP contribution in [0.2, 0.25) is 5.02 Å². The summed E-state index contributed by atoms with van der Waals surface area (Å²) in [5.41, 5.74) is 2.05. The Kier molecular flexibility index (Phi) is 5.82. The van der Waals surface area contributed by atoms with Gasteiger partial charge < -0.3 is 5.11 Å². The summed E-state index contributed by atoms with van der Waals surface area (Å²) in [6.07, 6.45) is 1.46. The topological polar surface area (TPSA) is 96.4 Å². The number of hydrogen-bond donors (Lipinski definition) is 2. The highest BCUT2D eigenvalue weighted by molar-refractivity contribution is 7.93. The van der Waals surface area contributed by atoms with Gasteiger partial charge in [0.2, 0.25) is 0 Å². The quantitative estimate of drug-likeness (QED) is 0.425. The number of sulfonamides is 1. The second kappa shape index (κ2) is 8.71. The van der Waals surface area contributed by atoms with Gasteiger partial charge >= 0.3 is 5.97 Å². The first-order valence-corrected chi connectivity index (χ1v) is 11.2. The zero-order chi connectivity index (χ0) is 22.7. The molecule has 0 aliphatic rings. The molecule has 6 nitrogen and oxygen atoms in total. The summed E-state index contributed by atoms with van der Waals surface area (Å²) in [5, 5.41) is 9.74. The van der Waals surface area contributed by atoms with Gasteiger partial charge in [0.15, 0.2) is 0 Å². The maximum Gasteiger partial charge on any atom is 0.335 e. The number of aromatic nitrogens is 1. The fraction of sp³-hybridized carbons (Fsp3) is 0. The number of benzene rings is 3. The van der Waals surface area contributed by atoms with Crippen LogP contribution in [0.25, 0.3) is 10.9 Å². The normalized spacial score (nSPS) is 10.9. The molecule has 3 aromatic carbocycles. The maximum absolute atomic E-state index is 13.2. The van der Waals surface area contributed by atoms with Gasteiger partial charge in [-0.15, -0.1) is 0 Å². The Labute approximate surface area is 189 Å². The summed E-state index contributed by atoms with van der Waals surface area (Å²) < 4.78 is 28.9. The summed E-state index contributed by atoms with van der Waals surface area (Å²) in [6.45, 7) is 0. The largest absolute Gasteiger partial charge is 0.478 e. The highest BCUT2D eigenvalue weighted by atomic mass is 35.5. The third kappa shape index (κ3) is 4.57. The first kappa shape index (κ1) is 21.4. The van der Waals surface area contributed by atoms with Crippen molar-refractivity contribution in [2.45, 2.75) is 4.90 Å². The first-order valence-electron chi connectivity index (χ1n) is 9.35. The predicted molar refractivity (Wildman–Crippen MR) is 123 cm³/mol. The molecular weight excluding hydrogens is 448 g/mol. The Bertz CT molecular complexity index is 1500. The third-order valence-corrected chi connectivity index (χ3v) is 6.22. The molecule has 0 unspecified atom stereocenters. The average Bonchev–Trinajstić information content (AvgIpc) is 2.78. The molecule has 2 N–H and O–H groups in total. The predicted octanol–water partition coefficient (Wildman–Crippen LogP) is 4.79. The van der Waals surface area contributed by atoms with Crippen LogP contribution in [-0.4, -0.2) is 24.5 Å². The highest BCUT2D eigenvalue weighted by Crippen LogP contribution is 2.27. The number of aromatic carboxylic acids is 1. The van der Waals surface area contributed by atoms with Crippen molar-refractivity contribution < 1.29 is 18.3 Å². The number of fused-ring (bicyclic) bond motifs is 1. The molecule has 0 bridgehead atoms. The molecule has 0 aliphatic heterocycles. The molecule has 0 saturated carbocycles. The minimum Gasteiger partial charge on any atom is -0.478 e. The van der Waals surface area contributed by atoms with Crippen LogP contribution in [0.1, 0.15) is 21.5 Å². The number of pyridine rings is 1. The number of anilines is 1. The van der Waals surface area contributed by atoms with E-state index in [1.54, 1.807) is 54.6 Å². The van der Waals surface area contributed by atoms with Crippen molar-refractivity contribution in [3.8, 4) is 11.8 Å². The van der Waals surface area contributed by atoms with Crippen LogP contribution >= 0.6 is 11.6 Å². The molecule has 158 valence electrons. The Morgan fingerprint density at radius 3 is 2.47 bits per heavy atom. The number of carbonyl (C=O) groups is 1. The molecule has 4 aromatic rings. The van der Waals surface area contributed by atoms with E-state index in [1.165, 1.54) is 24.4 Å². The molecule has 0 radical (unpaired) electrons. The smallest absolute Gasteiger partial charge is 0.335 e. The standard InChI is InChI=1S/C24H15ClN2O4S/c25-19-14-20-22(26-15-19)6-3-7-23(20)32(30,31)27-21-5-2-1-4-17(21)11-8-16-9-12-18(13-10-16)24(28)29/h1-7,9-10,12-15,27H,(H,28,29). The van der Waals surface area contributed by atoms with Crippen molar-refractivity contribution in [3.05, 3.63) is 101 Å². The van der Waals surface area contributed by atoms with Gasteiger partial charge in [-0.25, -0.2) is 13.2 Å². The molecule has 0 amide bonds. The van der Waals surface area contributed by atoms with E-state index >= 15 is 0 Å². The van der Waals surface area contributed by atoms with Crippen LogP contribution in [0.15, 0.2) is 83.9 Å². The molecule has 0 aliphatic carbocycles. The van der Waals surface area contributed by atoms with Gasteiger partial charge in [0.05, 0.1) is 26.7 Å². The number of carboxylic acids is 1. The number of para-hydroxylation sites is 1. The first-order chi connectivity index (χ1) is 15.3. The van der Waals surface area contributed by atoms with Crippen molar-refractivity contribution in [3.63, 3.8) is 0 Å². The van der Waals surface area contributed by atoms with Crippen molar-refractivity contribution in [2.75, 3.05) is 4.72 Å². The molecule has 0 atom stereocenters. The number of rotatable bonds is 4. The van der Waals surface area contributed by atoms with Crippen LogP contribution in [0.3, 0.4) is 0 Å². The summed E-state index contributed by atoms with van der Waals surface area (Å²) in [6, 6.07) is 19.2. The van der Waals surface area contributed by atoms with Gasteiger partial charge in [-0.1, -0.05) is 41.6 Å². The van der Waals surface area contributed by atoms with Gasteiger partial charge in [0.25, 0.3) is 10.0 Å². The summed E-state index contributed by atoms with van der Waals surface area (Å²) in [5.74, 6) is 4.85. The van der Waals surface area contributed by atoms with Crippen LogP contribution in [-0.2, 0) is 10.0 Å². The van der Waals surface area contributed by atoms with Crippen LogP contribution in [0.5, 0.6) is 0 Å². The molecule has 0 spiro atoms. The van der Waals surface area contributed by atoms with Gasteiger partial charge in [0.1, 0.15) is 0 Å². The lowest BCUT2D eigenvalue weighted by Gasteiger charge is -2.12.